The van der Waals surface area contributed by atoms with Gasteiger partial charge in [0.1, 0.15) is 12.4 Å². The number of halogens is 1. The fraction of sp³-hybridized carbons (Fsp3) is 0.600. The molecule has 110 valence electrons. The maximum atomic E-state index is 5.78. The fourth-order valence-corrected chi connectivity index (χ4v) is 3.08. The van der Waals surface area contributed by atoms with E-state index in [1.165, 1.54) is 0 Å². The minimum atomic E-state index is -0.337. The Balaban J connectivity index is 1.45. The zero-order chi connectivity index (χ0) is 13.8. The van der Waals surface area contributed by atoms with Crippen LogP contribution in [0.2, 0.25) is 0 Å². The van der Waals surface area contributed by atoms with Crippen LogP contribution in [0, 0.1) is 0 Å². The average Bonchev–Trinajstić information content (AvgIpc) is 2.89. The number of hydrogen-bond donors (Lipinski definition) is 0. The van der Waals surface area contributed by atoms with Crippen LogP contribution in [0.3, 0.4) is 0 Å². The third-order valence-electron chi connectivity index (χ3n) is 3.80. The Bertz CT molecular complexity index is 431. The summed E-state index contributed by atoms with van der Waals surface area (Å²) in [4.78, 5) is 2.37. The maximum Gasteiger partial charge on any atom is 0.181 e. The average molecular weight is 342 g/mol. The van der Waals surface area contributed by atoms with Crippen molar-refractivity contribution in [3.05, 3.63) is 28.7 Å². The molecular formula is C15H20BrNO3. The van der Waals surface area contributed by atoms with Gasteiger partial charge in [0, 0.05) is 17.4 Å². The molecule has 0 unspecified atom stereocenters. The second-order valence-corrected chi connectivity index (χ2v) is 6.21. The Morgan fingerprint density at radius 3 is 2.70 bits per heavy atom. The van der Waals surface area contributed by atoms with Crippen LogP contribution in [0.5, 0.6) is 5.75 Å². The van der Waals surface area contributed by atoms with Gasteiger partial charge in [0.25, 0.3) is 0 Å². The minimum Gasteiger partial charge on any atom is -0.492 e. The Morgan fingerprint density at radius 1 is 1.20 bits per heavy atom. The summed E-state index contributed by atoms with van der Waals surface area (Å²) < 4.78 is 18.4. The largest absolute Gasteiger partial charge is 0.492 e. The summed E-state index contributed by atoms with van der Waals surface area (Å²) >= 11 is 3.42. The van der Waals surface area contributed by atoms with Crippen molar-refractivity contribution in [1.82, 2.24) is 4.90 Å². The van der Waals surface area contributed by atoms with Gasteiger partial charge in [-0.2, -0.15) is 0 Å². The number of nitrogens with zero attached hydrogens (tertiary/aromatic N) is 1. The van der Waals surface area contributed by atoms with Gasteiger partial charge >= 0.3 is 0 Å². The van der Waals surface area contributed by atoms with Gasteiger partial charge in [0.2, 0.25) is 0 Å². The van der Waals surface area contributed by atoms with E-state index in [2.05, 4.69) is 20.8 Å². The molecule has 4 nitrogen and oxygen atoms in total. The lowest BCUT2D eigenvalue weighted by atomic mass is 10.0. The Morgan fingerprint density at radius 2 is 1.95 bits per heavy atom. The third kappa shape index (κ3) is 3.52. The normalized spacial score (nSPS) is 22.2. The van der Waals surface area contributed by atoms with E-state index in [9.17, 15) is 0 Å². The molecule has 1 aromatic rings. The van der Waals surface area contributed by atoms with E-state index in [0.29, 0.717) is 6.61 Å². The Hall–Kier alpha value is -0.620. The van der Waals surface area contributed by atoms with Gasteiger partial charge in [-0.25, -0.2) is 0 Å². The molecule has 0 amide bonds. The number of hydrogen-bond acceptors (Lipinski definition) is 4. The molecule has 0 N–H and O–H groups in total. The highest BCUT2D eigenvalue weighted by molar-refractivity contribution is 9.10. The second kappa shape index (κ2) is 6.43. The monoisotopic (exact) mass is 341 g/mol. The molecule has 0 aliphatic carbocycles. The summed E-state index contributed by atoms with van der Waals surface area (Å²) in [6.07, 6.45) is 2.13. The highest BCUT2D eigenvalue weighted by Crippen LogP contribution is 2.29. The number of likely N-dealkylation sites (tertiary alicyclic amines) is 1. The number of piperidine rings is 1. The van der Waals surface area contributed by atoms with E-state index in [1.807, 2.05) is 24.3 Å². The van der Waals surface area contributed by atoms with Crippen LogP contribution < -0.4 is 4.74 Å². The van der Waals surface area contributed by atoms with Gasteiger partial charge < -0.3 is 14.2 Å². The first kappa shape index (κ1) is 14.3. The molecule has 0 aromatic heterocycles. The van der Waals surface area contributed by atoms with Crippen LogP contribution in [-0.4, -0.2) is 50.1 Å². The van der Waals surface area contributed by atoms with Crippen molar-refractivity contribution < 1.29 is 14.2 Å². The standard InChI is InChI=1S/C15H20BrNO3/c16-13-2-4-14(5-3-13)18-9-8-17-7-1-6-15(12-17)19-10-11-20-15/h2-5H,1,6-12H2. The molecule has 0 atom stereocenters. The van der Waals surface area contributed by atoms with Gasteiger partial charge in [-0.1, -0.05) is 15.9 Å². The van der Waals surface area contributed by atoms with Gasteiger partial charge in [0.05, 0.1) is 19.8 Å². The van der Waals surface area contributed by atoms with Crippen molar-refractivity contribution in [2.45, 2.75) is 18.6 Å². The van der Waals surface area contributed by atoms with E-state index in [0.717, 1.165) is 55.9 Å². The van der Waals surface area contributed by atoms with Crippen LogP contribution in [-0.2, 0) is 9.47 Å². The fourth-order valence-electron chi connectivity index (χ4n) is 2.82. The minimum absolute atomic E-state index is 0.337. The van der Waals surface area contributed by atoms with Crippen molar-refractivity contribution in [3.63, 3.8) is 0 Å². The number of rotatable bonds is 4. The van der Waals surface area contributed by atoms with Gasteiger partial charge in [-0.15, -0.1) is 0 Å². The van der Waals surface area contributed by atoms with Crippen LogP contribution in [0.25, 0.3) is 0 Å². The molecule has 20 heavy (non-hydrogen) atoms. The van der Waals surface area contributed by atoms with Crippen LogP contribution >= 0.6 is 15.9 Å². The summed E-state index contributed by atoms with van der Waals surface area (Å²) in [5.74, 6) is 0.573. The lowest BCUT2D eigenvalue weighted by molar-refractivity contribution is -0.189. The maximum absolute atomic E-state index is 5.78. The molecule has 2 fully saturated rings. The molecule has 5 heteroatoms. The third-order valence-corrected chi connectivity index (χ3v) is 4.33. The summed E-state index contributed by atoms with van der Waals surface area (Å²) in [6.45, 7) is 5.00. The SMILES string of the molecule is Brc1ccc(OCCN2CCCC3(C2)OCCO3)cc1. The van der Waals surface area contributed by atoms with E-state index < -0.39 is 0 Å². The summed E-state index contributed by atoms with van der Waals surface area (Å²) in [5, 5.41) is 0. The summed E-state index contributed by atoms with van der Waals surface area (Å²) in [5.41, 5.74) is 0. The summed E-state index contributed by atoms with van der Waals surface area (Å²) in [6, 6.07) is 7.94. The quantitative estimate of drug-likeness (QED) is 0.842. The van der Waals surface area contributed by atoms with E-state index in [-0.39, 0.29) is 5.79 Å². The topological polar surface area (TPSA) is 30.9 Å². The predicted octanol–water partition coefficient (Wildman–Crippen LogP) is 2.67. The first-order chi connectivity index (χ1) is 9.76. The molecule has 2 aliphatic heterocycles. The molecule has 3 rings (SSSR count). The molecular weight excluding hydrogens is 322 g/mol. The lowest BCUT2D eigenvalue weighted by Crippen LogP contribution is -2.49. The van der Waals surface area contributed by atoms with Gasteiger partial charge in [-0.3, -0.25) is 4.90 Å². The van der Waals surface area contributed by atoms with Crippen LogP contribution in [0.4, 0.5) is 0 Å². The van der Waals surface area contributed by atoms with E-state index in [1.54, 1.807) is 0 Å². The predicted molar refractivity (Wildman–Crippen MR) is 79.9 cm³/mol. The van der Waals surface area contributed by atoms with Crippen molar-refractivity contribution in [3.8, 4) is 5.75 Å². The first-order valence-corrected chi connectivity index (χ1v) is 7.94. The zero-order valence-electron chi connectivity index (χ0n) is 11.5. The molecule has 1 spiro atoms. The Labute approximate surface area is 128 Å². The molecule has 0 bridgehead atoms. The molecule has 0 saturated carbocycles. The van der Waals surface area contributed by atoms with E-state index in [4.69, 9.17) is 14.2 Å². The summed E-state index contributed by atoms with van der Waals surface area (Å²) in [7, 11) is 0. The highest BCUT2D eigenvalue weighted by Gasteiger charge is 2.40. The highest BCUT2D eigenvalue weighted by atomic mass is 79.9. The van der Waals surface area contributed by atoms with Crippen molar-refractivity contribution in [2.75, 3.05) is 39.5 Å². The molecule has 2 saturated heterocycles. The number of benzene rings is 1. The van der Waals surface area contributed by atoms with Crippen molar-refractivity contribution in [2.24, 2.45) is 0 Å². The van der Waals surface area contributed by atoms with Crippen molar-refractivity contribution in [1.29, 1.82) is 0 Å². The molecule has 2 aliphatic rings. The van der Waals surface area contributed by atoms with Crippen LogP contribution in [0.15, 0.2) is 28.7 Å². The first-order valence-electron chi connectivity index (χ1n) is 7.14. The van der Waals surface area contributed by atoms with E-state index >= 15 is 0 Å². The molecule has 2 heterocycles. The second-order valence-electron chi connectivity index (χ2n) is 5.29. The lowest BCUT2D eigenvalue weighted by Gasteiger charge is -2.38. The smallest absolute Gasteiger partial charge is 0.181 e. The number of ether oxygens (including phenoxy) is 3. The van der Waals surface area contributed by atoms with Crippen LogP contribution in [0.1, 0.15) is 12.8 Å². The zero-order valence-corrected chi connectivity index (χ0v) is 13.1. The van der Waals surface area contributed by atoms with Gasteiger partial charge in [0.15, 0.2) is 5.79 Å². The molecule has 1 aromatic carbocycles. The van der Waals surface area contributed by atoms with Crippen molar-refractivity contribution >= 4 is 15.9 Å². The Kier molecular flexibility index (Phi) is 4.61. The molecule has 0 radical (unpaired) electrons. The van der Waals surface area contributed by atoms with Gasteiger partial charge in [-0.05, 0) is 37.2 Å².